The van der Waals surface area contributed by atoms with Crippen molar-refractivity contribution >= 4 is 5.97 Å². The lowest BCUT2D eigenvalue weighted by atomic mass is 10.1. The molecule has 0 amide bonds. The number of imidazole rings is 1. The van der Waals surface area contributed by atoms with Gasteiger partial charge >= 0.3 is 5.97 Å². The Labute approximate surface area is 113 Å². The van der Waals surface area contributed by atoms with E-state index in [0.29, 0.717) is 12.3 Å². The average molecular weight is 258 g/mol. The minimum Gasteiger partial charge on any atom is -0.461 e. The van der Waals surface area contributed by atoms with Crippen LogP contribution in [0.3, 0.4) is 0 Å². The Morgan fingerprint density at radius 3 is 2.84 bits per heavy atom. The molecule has 100 valence electrons. The summed E-state index contributed by atoms with van der Waals surface area (Å²) in [4.78, 5) is 15.6. The highest BCUT2D eigenvalue weighted by molar-refractivity contribution is 5.87. The van der Waals surface area contributed by atoms with Gasteiger partial charge < -0.3 is 9.30 Å². The van der Waals surface area contributed by atoms with Crippen molar-refractivity contribution in [2.24, 2.45) is 0 Å². The fraction of sp³-hybridized carbons (Fsp3) is 0.333. The number of esters is 1. The van der Waals surface area contributed by atoms with Crippen LogP contribution in [-0.4, -0.2) is 22.1 Å². The number of carbonyl (C=O) groups excluding carboxylic acids is 1. The van der Waals surface area contributed by atoms with Crippen molar-refractivity contribution in [3.63, 3.8) is 0 Å². The third-order valence-electron chi connectivity index (χ3n) is 3.08. The van der Waals surface area contributed by atoms with Crippen molar-refractivity contribution in [3.05, 3.63) is 47.5 Å². The number of ether oxygens (including phenoxy) is 1. The molecule has 0 aliphatic heterocycles. The number of carbonyl (C=O) groups is 1. The Morgan fingerprint density at radius 1 is 1.37 bits per heavy atom. The zero-order valence-electron chi connectivity index (χ0n) is 11.5. The molecule has 0 bridgehead atoms. The third kappa shape index (κ3) is 2.84. The molecule has 0 atom stereocenters. The van der Waals surface area contributed by atoms with E-state index in [9.17, 15) is 4.79 Å². The van der Waals surface area contributed by atoms with E-state index in [4.69, 9.17) is 4.74 Å². The number of hydrogen-bond donors (Lipinski definition) is 0. The standard InChI is InChI=1S/C15H18N2O2/c1-4-12-8-13(7-6-11(12)3)17-9-14(16-10-17)15(18)19-5-2/h6-10H,4-5H2,1-3H3. The van der Waals surface area contributed by atoms with E-state index < -0.39 is 0 Å². The molecule has 4 nitrogen and oxygen atoms in total. The molecule has 0 spiro atoms. The lowest BCUT2D eigenvalue weighted by molar-refractivity contribution is 0.0520. The van der Waals surface area contributed by atoms with E-state index in [2.05, 4.69) is 31.0 Å². The van der Waals surface area contributed by atoms with Gasteiger partial charge in [0.05, 0.1) is 6.61 Å². The molecule has 0 aliphatic carbocycles. The first kappa shape index (κ1) is 13.3. The molecular weight excluding hydrogens is 240 g/mol. The zero-order chi connectivity index (χ0) is 13.8. The quantitative estimate of drug-likeness (QED) is 0.792. The first-order chi connectivity index (χ1) is 9.15. The molecule has 0 radical (unpaired) electrons. The molecule has 0 fully saturated rings. The number of rotatable bonds is 4. The lowest BCUT2D eigenvalue weighted by Gasteiger charge is -2.07. The summed E-state index contributed by atoms with van der Waals surface area (Å²) in [6, 6.07) is 6.22. The molecule has 1 aromatic heterocycles. The highest BCUT2D eigenvalue weighted by Gasteiger charge is 2.11. The molecule has 4 heteroatoms. The number of aromatic nitrogens is 2. The van der Waals surface area contributed by atoms with Crippen molar-refractivity contribution in [3.8, 4) is 5.69 Å². The van der Waals surface area contributed by atoms with Crippen molar-refractivity contribution in [1.82, 2.24) is 9.55 Å². The van der Waals surface area contributed by atoms with Crippen molar-refractivity contribution in [2.75, 3.05) is 6.61 Å². The topological polar surface area (TPSA) is 44.1 Å². The first-order valence-electron chi connectivity index (χ1n) is 6.46. The minimum absolute atomic E-state index is 0.334. The zero-order valence-corrected chi connectivity index (χ0v) is 11.5. The largest absolute Gasteiger partial charge is 0.461 e. The summed E-state index contributed by atoms with van der Waals surface area (Å²) in [6.07, 6.45) is 4.32. The molecule has 2 rings (SSSR count). The highest BCUT2D eigenvalue weighted by atomic mass is 16.5. The maximum Gasteiger partial charge on any atom is 0.358 e. The van der Waals surface area contributed by atoms with Crippen LogP contribution in [0.2, 0.25) is 0 Å². The predicted octanol–water partition coefficient (Wildman–Crippen LogP) is 2.92. The maximum absolute atomic E-state index is 11.6. The van der Waals surface area contributed by atoms with Gasteiger partial charge in [-0.1, -0.05) is 13.0 Å². The molecule has 1 heterocycles. The summed E-state index contributed by atoms with van der Waals surface area (Å²) in [5.41, 5.74) is 3.91. The molecule has 19 heavy (non-hydrogen) atoms. The van der Waals surface area contributed by atoms with Gasteiger partial charge in [0.15, 0.2) is 5.69 Å². The van der Waals surface area contributed by atoms with Crippen LogP contribution in [0.4, 0.5) is 0 Å². The minimum atomic E-state index is -0.385. The van der Waals surface area contributed by atoms with E-state index >= 15 is 0 Å². The summed E-state index contributed by atoms with van der Waals surface area (Å²) >= 11 is 0. The maximum atomic E-state index is 11.6. The highest BCUT2D eigenvalue weighted by Crippen LogP contribution is 2.16. The Balaban J connectivity index is 2.30. The third-order valence-corrected chi connectivity index (χ3v) is 3.08. The van der Waals surface area contributed by atoms with Crippen LogP contribution in [0, 0.1) is 6.92 Å². The lowest BCUT2D eigenvalue weighted by Crippen LogP contribution is -2.04. The normalized spacial score (nSPS) is 10.5. The van der Waals surface area contributed by atoms with Crippen LogP contribution in [0.5, 0.6) is 0 Å². The first-order valence-corrected chi connectivity index (χ1v) is 6.46. The van der Waals surface area contributed by atoms with Gasteiger partial charge in [-0.25, -0.2) is 9.78 Å². The fourth-order valence-corrected chi connectivity index (χ4v) is 1.97. The summed E-state index contributed by atoms with van der Waals surface area (Å²) in [5, 5.41) is 0. The van der Waals surface area contributed by atoms with Gasteiger partial charge in [-0.3, -0.25) is 0 Å². The van der Waals surface area contributed by atoms with Gasteiger partial charge in [-0.05, 0) is 43.5 Å². The fourth-order valence-electron chi connectivity index (χ4n) is 1.97. The van der Waals surface area contributed by atoms with Crippen LogP contribution < -0.4 is 0 Å². The summed E-state index contributed by atoms with van der Waals surface area (Å²) in [5.74, 6) is -0.385. The van der Waals surface area contributed by atoms with Crippen LogP contribution in [0.15, 0.2) is 30.7 Å². The van der Waals surface area contributed by atoms with Crippen LogP contribution in [0.25, 0.3) is 5.69 Å². The van der Waals surface area contributed by atoms with Crippen molar-refractivity contribution in [1.29, 1.82) is 0 Å². The van der Waals surface area contributed by atoms with Crippen LogP contribution in [-0.2, 0) is 11.2 Å². The number of benzene rings is 1. The second-order valence-electron chi connectivity index (χ2n) is 4.35. The Kier molecular flexibility index (Phi) is 4.00. The van der Waals surface area contributed by atoms with E-state index in [-0.39, 0.29) is 5.97 Å². The SMILES string of the molecule is CCOC(=O)c1cn(-c2ccc(C)c(CC)c2)cn1. The molecule has 0 saturated carbocycles. The molecule has 1 aromatic carbocycles. The van der Waals surface area contributed by atoms with E-state index in [1.807, 2.05) is 10.6 Å². The van der Waals surface area contributed by atoms with Gasteiger partial charge in [0.1, 0.15) is 6.33 Å². The number of nitrogens with zero attached hydrogens (tertiary/aromatic N) is 2. The second-order valence-corrected chi connectivity index (χ2v) is 4.35. The molecule has 0 aliphatic rings. The Morgan fingerprint density at radius 2 is 2.16 bits per heavy atom. The molecule has 0 saturated heterocycles. The molecule has 0 unspecified atom stereocenters. The molecular formula is C15H18N2O2. The van der Waals surface area contributed by atoms with E-state index in [1.54, 1.807) is 19.4 Å². The summed E-state index contributed by atoms with van der Waals surface area (Å²) < 4.78 is 6.76. The van der Waals surface area contributed by atoms with Gasteiger partial charge in [-0.15, -0.1) is 0 Å². The van der Waals surface area contributed by atoms with Crippen LogP contribution >= 0.6 is 0 Å². The van der Waals surface area contributed by atoms with E-state index in [1.165, 1.54) is 11.1 Å². The number of aryl methyl sites for hydroxylation is 2. The Hall–Kier alpha value is -2.10. The molecule has 2 aromatic rings. The predicted molar refractivity (Wildman–Crippen MR) is 73.6 cm³/mol. The van der Waals surface area contributed by atoms with Gasteiger partial charge in [-0.2, -0.15) is 0 Å². The van der Waals surface area contributed by atoms with Crippen molar-refractivity contribution in [2.45, 2.75) is 27.2 Å². The van der Waals surface area contributed by atoms with Gasteiger partial charge in [0, 0.05) is 11.9 Å². The van der Waals surface area contributed by atoms with Crippen LogP contribution in [0.1, 0.15) is 35.5 Å². The van der Waals surface area contributed by atoms with Gasteiger partial charge in [0.25, 0.3) is 0 Å². The number of hydrogen-bond acceptors (Lipinski definition) is 3. The monoisotopic (exact) mass is 258 g/mol. The average Bonchev–Trinajstić information content (AvgIpc) is 2.89. The summed E-state index contributed by atoms with van der Waals surface area (Å²) in [7, 11) is 0. The summed E-state index contributed by atoms with van der Waals surface area (Å²) in [6.45, 7) is 6.36. The van der Waals surface area contributed by atoms with Crippen molar-refractivity contribution < 1.29 is 9.53 Å². The Bertz CT molecular complexity index is 588. The smallest absolute Gasteiger partial charge is 0.358 e. The molecule has 0 N–H and O–H groups in total. The van der Waals surface area contributed by atoms with Gasteiger partial charge in [0.2, 0.25) is 0 Å². The van der Waals surface area contributed by atoms with E-state index in [0.717, 1.165) is 12.1 Å². The second kappa shape index (κ2) is 5.69.